The molecule has 0 radical (unpaired) electrons. The van der Waals surface area contributed by atoms with Gasteiger partial charge in [-0.05, 0) is 49.4 Å². The Kier molecular flexibility index (Phi) is 3.42. The summed E-state index contributed by atoms with van der Waals surface area (Å²) in [6.45, 7) is 1.62. The number of nitrogens with two attached hydrogens (primary N) is 1. The number of aryl methyl sites for hydroxylation is 1. The van der Waals surface area contributed by atoms with Gasteiger partial charge in [-0.1, -0.05) is 0 Å². The van der Waals surface area contributed by atoms with E-state index in [1.165, 1.54) is 5.56 Å². The van der Waals surface area contributed by atoms with Crippen molar-refractivity contribution in [2.45, 2.75) is 38.2 Å². The SMILES string of the molecule is Nc1ccc2c(c1)CCC(=O)N2CCC1CCCO1. The van der Waals surface area contributed by atoms with E-state index in [4.69, 9.17) is 10.5 Å². The number of nitrogen functional groups attached to an aromatic ring is 1. The van der Waals surface area contributed by atoms with Crippen LogP contribution in [0.25, 0.3) is 0 Å². The minimum atomic E-state index is 0.218. The highest BCUT2D eigenvalue weighted by molar-refractivity contribution is 5.96. The van der Waals surface area contributed by atoms with Gasteiger partial charge in [0.2, 0.25) is 5.91 Å². The highest BCUT2D eigenvalue weighted by Gasteiger charge is 2.25. The van der Waals surface area contributed by atoms with E-state index in [9.17, 15) is 4.79 Å². The van der Waals surface area contributed by atoms with Crippen LogP contribution in [0.5, 0.6) is 0 Å². The third-order valence-electron chi connectivity index (χ3n) is 4.00. The first-order valence-corrected chi connectivity index (χ1v) is 7.04. The quantitative estimate of drug-likeness (QED) is 0.847. The Balaban J connectivity index is 1.74. The average molecular weight is 260 g/mol. The van der Waals surface area contributed by atoms with E-state index in [0.29, 0.717) is 12.5 Å². The second-order valence-corrected chi connectivity index (χ2v) is 5.36. The summed E-state index contributed by atoms with van der Waals surface area (Å²) in [5.41, 5.74) is 8.80. The Morgan fingerprint density at radius 1 is 1.37 bits per heavy atom. The van der Waals surface area contributed by atoms with E-state index in [-0.39, 0.29) is 5.91 Å². The third-order valence-corrected chi connectivity index (χ3v) is 4.00. The number of hydrogen-bond donors (Lipinski definition) is 1. The molecule has 1 saturated heterocycles. The van der Waals surface area contributed by atoms with Crippen LogP contribution in [0, 0.1) is 0 Å². The van der Waals surface area contributed by atoms with Crippen molar-refractivity contribution in [2.24, 2.45) is 0 Å². The van der Waals surface area contributed by atoms with Crippen molar-refractivity contribution < 1.29 is 9.53 Å². The molecule has 0 aliphatic carbocycles. The Morgan fingerprint density at radius 3 is 3.05 bits per heavy atom. The summed E-state index contributed by atoms with van der Waals surface area (Å²) < 4.78 is 5.63. The normalized spacial score (nSPS) is 22.6. The van der Waals surface area contributed by atoms with Crippen molar-refractivity contribution in [1.29, 1.82) is 0 Å². The molecule has 1 fully saturated rings. The number of benzene rings is 1. The second kappa shape index (κ2) is 5.21. The summed E-state index contributed by atoms with van der Waals surface area (Å²) in [5, 5.41) is 0. The molecular formula is C15H20N2O2. The molecule has 1 aromatic rings. The van der Waals surface area contributed by atoms with Gasteiger partial charge in [0.05, 0.1) is 6.10 Å². The van der Waals surface area contributed by atoms with Gasteiger partial charge in [-0.2, -0.15) is 0 Å². The lowest BCUT2D eigenvalue weighted by atomic mass is 10.00. The van der Waals surface area contributed by atoms with Crippen LogP contribution in [-0.2, 0) is 16.0 Å². The van der Waals surface area contributed by atoms with Crippen molar-refractivity contribution >= 4 is 17.3 Å². The summed E-state index contributed by atoms with van der Waals surface area (Å²) in [6.07, 6.45) is 4.90. The van der Waals surface area contributed by atoms with E-state index >= 15 is 0 Å². The molecule has 2 heterocycles. The molecule has 1 unspecified atom stereocenters. The number of fused-ring (bicyclic) bond motifs is 1. The Labute approximate surface area is 113 Å². The van der Waals surface area contributed by atoms with Gasteiger partial charge in [-0.25, -0.2) is 0 Å². The first-order chi connectivity index (χ1) is 9.24. The number of ether oxygens (including phenoxy) is 1. The minimum Gasteiger partial charge on any atom is -0.399 e. The van der Waals surface area contributed by atoms with Crippen molar-refractivity contribution in [1.82, 2.24) is 0 Å². The first kappa shape index (κ1) is 12.5. The molecular weight excluding hydrogens is 240 g/mol. The highest BCUT2D eigenvalue weighted by Crippen LogP contribution is 2.30. The maximum absolute atomic E-state index is 12.1. The molecule has 0 bridgehead atoms. The Hall–Kier alpha value is -1.55. The minimum absolute atomic E-state index is 0.218. The lowest BCUT2D eigenvalue weighted by molar-refractivity contribution is -0.119. The van der Waals surface area contributed by atoms with Gasteiger partial charge in [0.15, 0.2) is 0 Å². The number of carbonyl (C=O) groups excluding carboxylic acids is 1. The van der Waals surface area contributed by atoms with Crippen LogP contribution in [-0.4, -0.2) is 25.2 Å². The molecule has 19 heavy (non-hydrogen) atoms. The summed E-state index contributed by atoms with van der Waals surface area (Å²) in [4.78, 5) is 14.0. The van der Waals surface area contributed by atoms with Gasteiger partial charge in [0, 0.05) is 30.9 Å². The van der Waals surface area contributed by atoms with Gasteiger partial charge < -0.3 is 15.4 Å². The lowest BCUT2D eigenvalue weighted by Gasteiger charge is -2.30. The van der Waals surface area contributed by atoms with Crippen molar-refractivity contribution in [3.05, 3.63) is 23.8 Å². The number of amides is 1. The molecule has 102 valence electrons. The standard InChI is InChI=1S/C15H20N2O2/c16-12-4-5-14-11(10-12)3-6-15(18)17(14)8-7-13-2-1-9-19-13/h4-5,10,13H,1-3,6-9,16H2. The number of carbonyl (C=O) groups is 1. The van der Waals surface area contributed by atoms with E-state index in [1.807, 2.05) is 23.1 Å². The largest absolute Gasteiger partial charge is 0.399 e. The van der Waals surface area contributed by atoms with Crippen molar-refractivity contribution in [3.63, 3.8) is 0 Å². The molecule has 0 aromatic heterocycles. The molecule has 2 aliphatic rings. The van der Waals surface area contributed by atoms with Crippen molar-refractivity contribution in [3.8, 4) is 0 Å². The van der Waals surface area contributed by atoms with Gasteiger partial charge >= 0.3 is 0 Å². The highest BCUT2D eigenvalue weighted by atomic mass is 16.5. The molecule has 2 aliphatic heterocycles. The van der Waals surface area contributed by atoms with Gasteiger partial charge in [-0.3, -0.25) is 4.79 Å². The summed E-state index contributed by atoms with van der Waals surface area (Å²) in [7, 11) is 0. The predicted molar refractivity (Wildman–Crippen MR) is 75.1 cm³/mol. The fourth-order valence-electron chi connectivity index (χ4n) is 2.97. The molecule has 0 saturated carbocycles. The van der Waals surface area contributed by atoms with Crippen LogP contribution < -0.4 is 10.6 Å². The fourth-order valence-corrected chi connectivity index (χ4v) is 2.97. The van der Waals surface area contributed by atoms with Crippen LogP contribution >= 0.6 is 0 Å². The summed E-state index contributed by atoms with van der Waals surface area (Å²) >= 11 is 0. The van der Waals surface area contributed by atoms with Crippen LogP contribution in [0.2, 0.25) is 0 Å². The number of anilines is 2. The molecule has 4 heteroatoms. The molecule has 3 rings (SSSR count). The van der Waals surface area contributed by atoms with Gasteiger partial charge in [-0.15, -0.1) is 0 Å². The third kappa shape index (κ3) is 2.59. The Morgan fingerprint density at radius 2 is 2.26 bits per heavy atom. The van der Waals surface area contributed by atoms with Gasteiger partial charge in [0.25, 0.3) is 0 Å². The smallest absolute Gasteiger partial charge is 0.227 e. The molecule has 4 nitrogen and oxygen atoms in total. The van der Waals surface area contributed by atoms with E-state index in [2.05, 4.69) is 0 Å². The summed E-state index contributed by atoms with van der Waals surface area (Å²) in [6, 6.07) is 5.83. The van der Waals surface area contributed by atoms with Crippen LogP contribution in [0.15, 0.2) is 18.2 Å². The number of rotatable bonds is 3. The summed E-state index contributed by atoms with van der Waals surface area (Å²) in [5.74, 6) is 0.218. The topological polar surface area (TPSA) is 55.6 Å². The first-order valence-electron chi connectivity index (χ1n) is 7.04. The molecule has 1 atom stereocenters. The predicted octanol–water partition coefficient (Wildman–Crippen LogP) is 2.12. The maximum atomic E-state index is 12.1. The molecule has 0 spiro atoms. The van der Waals surface area contributed by atoms with Crippen LogP contribution in [0.1, 0.15) is 31.2 Å². The Bertz CT molecular complexity index is 481. The van der Waals surface area contributed by atoms with Crippen LogP contribution in [0.3, 0.4) is 0 Å². The zero-order chi connectivity index (χ0) is 13.2. The fraction of sp³-hybridized carbons (Fsp3) is 0.533. The van der Waals surface area contributed by atoms with E-state index in [0.717, 1.165) is 50.2 Å². The molecule has 1 aromatic carbocycles. The maximum Gasteiger partial charge on any atom is 0.227 e. The average Bonchev–Trinajstić information content (AvgIpc) is 2.91. The van der Waals surface area contributed by atoms with E-state index < -0.39 is 0 Å². The van der Waals surface area contributed by atoms with Gasteiger partial charge in [0.1, 0.15) is 0 Å². The van der Waals surface area contributed by atoms with E-state index in [1.54, 1.807) is 0 Å². The number of nitrogens with zero attached hydrogens (tertiary/aromatic N) is 1. The van der Waals surface area contributed by atoms with Crippen molar-refractivity contribution in [2.75, 3.05) is 23.8 Å². The van der Waals surface area contributed by atoms with Crippen LogP contribution in [0.4, 0.5) is 11.4 Å². The lowest BCUT2D eigenvalue weighted by Crippen LogP contribution is -2.37. The zero-order valence-corrected chi connectivity index (χ0v) is 11.1. The second-order valence-electron chi connectivity index (χ2n) is 5.36. The number of hydrogen-bond acceptors (Lipinski definition) is 3. The zero-order valence-electron chi connectivity index (χ0n) is 11.1. The molecule has 1 amide bonds. The molecule has 2 N–H and O–H groups in total. The monoisotopic (exact) mass is 260 g/mol.